The van der Waals surface area contributed by atoms with E-state index in [1.807, 2.05) is 30.3 Å². The highest BCUT2D eigenvalue weighted by Crippen LogP contribution is 2.31. The highest BCUT2D eigenvalue weighted by Gasteiger charge is 2.51. The van der Waals surface area contributed by atoms with Gasteiger partial charge in [0.05, 0.1) is 12.3 Å². The third-order valence-corrected chi connectivity index (χ3v) is 4.52. The number of aliphatic hydroxyl groups excluding tert-OH is 1. The van der Waals surface area contributed by atoms with Gasteiger partial charge in [-0.1, -0.05) is 35.5 Å². The first-order chi connectivity index (χ1) is 14.8. The third kappa shape index (κ3) is 6.76. The second-order valence-electron chi connectivity index (χ2n) is 6.91. The number of benzene rings is 1. The Hall–Kier alpha value is -2.98. The minimum atomic E-state index is -1.19. The quantitative estimate of drug-likeness (QED) is 0.274. The smallest absolute Gasteiger partial charge is 0.303 e. The number of nitrogens with zero attached hydrogens (tertiary/aromatic N) is 1. The average molecular weight is 437 g/mol. The Kier molecular flexibility index (Phi) is 8.95. The fourth-order valence-electron chi connectivity index (χ4n) is 3.43. The number of hydrogen-bond donors (Lipinski definition) is 1. The molecule has 1 N–H and O–H groups in total. The van der Waals surface area contributed by atoms with Crippen LogP contribution in [0.15, 0.2) is 35.5 Å². The van der Waals surface area contributed by atoms with E-state index in [0.717, 1.165) is 5.56 Å². The van der Waals surface area contributed by atoms with E-state index >= 15 is 0 Å². The van der Waals surface area contributed by atoms with Gasteiger partial charge in [0.25, 0.3) is 0 Å². The molecule has 1 aromatic carbocycles. The van der Waals surface area contributed by atoms with Crippen molar-refractivity contribution < 1.29 is 43.3 Å². The number of aliphatic hydroxyl groups is 1. The highest BCUT2D eigenvalue weighted by molar-refractivity contribution is 6.00. The summed E-state index contributed by atoms with van der Waals surface area (Å²) in [6.45, 7) is 3.02. The Balaban J connectivity index is 2.45. The third-order valence-electron chi connectivity index (χ3n) is 4.52. The van der Waals surface area contributed by atoms with Crippen LogP contribution in [-0.2, 0) is 38.2 Å². The first kappa shape index (κ1) is 24.3. The molecular weight excluding hydrogens is 410 g/mol. The number of oxime groups is 1. The number of carbonyl (C=O) groups excluding carboxylic acids is 3. The standard InChI is InChI=1S/C21H27NO9/c1-12(24)28-19-17(10-16(22-27-4)15-8-6-5-7-9-15)31-18(11-23)20(29-13(2)25)21(19)30-14(3)26/h5-9,17-21,23H,10-11H2,1-4H3/b22-16-/t17-,18+,19-,20+,21+/m0/s1. The van der Waals surface area contributed by atoms with Gasteiger partial charge in [0, 0.05) is 27.2 Å². The van der Waals surface area contributed by atoms with Gasteiger partial charge in [-0.05, 0) is 5.56 Å². The zero-order valence-electron chi connectivity index (χ0n) is 17.8. The molecule has 0 unspecified atom stereocenters. The maximum atomic E-state index is 11.8. The van der Waals surface area contributed by atoms with Gasteiger partial charge in [-0.25, -0.2) is 0 Å². The molecule has 5 atom stereocenters. The van der Waals surface area contributed by atoms with E-state index < -0.39 is 55.0 Å². The molecule has 0 saturated carbocycles. The van der Waals surface area contributed by atoms with Crippen LogP contribution < -0.4 is 0 Å². The van der Waals surface area contributed by atoms with E-state index in [1.54, 1.807) is 0 Å². The first-order valence-corrected chi connectivity index (χ1v) is 9.70. The van der Waals surface area contributed by atoms with Gasteiger partial charge in [0.15, 0.2) is 18.3 Å². The normalized spacial score (nSPS) is 26.0. The van der Waals surface area contributed by atoms with Crippen molar-refractivity contribution >= 4 is 23.6 Å². The molecule has 2 rings (SSSR count). The number of ether oxygens (including phenoxy) is 4. The predicted octanol–water partition coefficient (Wildman–Crippen LogP) is 0.982. The van der Waals surface area contributed by atoms with Crippen LogP contribution in [0.1, 0.15) is 32.8 Å². The summed E-state index contributed by atoms with van der Waals surface area (Å²) in [6.07, 6.45) is -5.31. The molecule has 0 aromatic heterocycles. The van der Waals surface area contributed by atoms with Crippen molar-refractivity contribution in [2.24, 2.45) is 5.16 Å². The summed E-state index contributed by atoms with van der Waals surface area (Å²) >= 11 is 0. The summed E-state index contributed by atoms with van der Waals surface area (Å²) < 4.78 is 22.0. The van der Waals surface area contributed by atoms with Crippen molar-refractivity contribution in [3.05, 3.63) is 35.9 Å². The molecule has 10 nitrogen and oxygen atoms in total. The van der Waals surface area contributed by atoms with Crippen LogP contribution in [-0.4, -0.2) is 73.0 Å². The van der Waals surface area contributed by atoms with Crippen LogP contribution >= 0.6 is 0 Å². The zero-order chi connectivity index (χ0) is 23.0. The summed E-state index contributed by atoms with van der Waals surface area (Å²) in [6, 6.07) is 9.11. The predicted molar refractivity (Wildman–Crippen MR) is 107 cm³/mol. The number of esters is 3. The van der Waals surface area contributed by atoms with Crippen LogP contribution in [0.3, 0.4) is 0 Å². The number of carbonyl (C=O) groups is 3. The molecule has 1 aromatic rings. The first-order valence-electron chi connectivity index (χ1n) is 9.70. The van der Waals surface area contributed by atoms with E-state index in [1.165, 1.54) is 27.9 Å². The molecule has 0 amide bonds. The molecule has 0 radical (unpaired) electrons. The fourth-order valence-corrected chi connectivity index (χ4v) is 3.43. The van der Waals surface area contributed by atoms with Crippen molar-refractivity contribution in [2.45, 2.75) is 57.7 Å². The lowest BCUT2D eigenvalue weighted by atomic mass is 9.90. The lowest BCUT2D eigenvalue weighted by Gasteiger charge is -2.44. The second kappa shape index (κ2) is 11.4. The van der Waals surface area contributed by atoms with Gasteiger partial charge in [-0.3, -0.25) is 14.4 Å². The molecule has 1 saturated heterocycles. The summed E-state index contributed by atoms with van der Waals surface area (Å²) in [4.78, 5) is 40.2. The van der Waals surface area contributed by atoms with Crippen LogP contribution in [0.2, 0.25) is 0 Å². The van der Waals surface area contributed by atoms with Crippen molar-refractivity contribution in [3.8, 4) is 0 Å². The lowest BCUT2D eigenvalue weighted by Crippen LogP contribution is -2.62. The van der Waals surface area contributed by atoms with E-state index in [2.05, 4.69) is 5.16 Å². The summed E-state index contributed by atoms with van der Waals surface area (Å²) in [5.74, 6) is -2.00. The largest absolute Gasteiger partial charge is 0.456 e. The fraction of sp³-hybridized carbons (Fsp3) is 0.524. The summed E-state index contributed by atoms with van der Waals surface area (Å²) in [5.41, 5.74) is 1.22. The van der Waals surface area contributed by atoms with E-state index in [9.17, 15) is 19.5 Å². The molecule has 1 heterocycles. The van der Waals surface area contributed by atoms with Crippen LogP contribution in [0.5, 0.6) is 0 Å². The van der Waals surface area contributed by atoms with Crippen LogP contribution in [0.4, 0.5) is 0 Å². The average Bonchev–Trinajstić information content (AvgIpc) is 2.71. The summed E-state index contributed by atoms with van der Waals surface area (Å²) in [7, 11) is 1.39. The molecular formula is C21H27NO9. The van der Waals surface area contributed by atoms with Gasteiger partial charge < -0.3 is 28.9 Å². The van der Waals surface area contributed by atoms with Crippen LogP contribution in [0.25, 0.3) is 0 Å². The molecule has 10 heteroatoms. The molecule has 0 spiro atoms. The van der Waals surface area contributed by atoms with Crippen LogP contribution in [0, 0.1) is 0 Å². The van der Waals surface area contributed by atoms with E-state index in [4.69, 9.17) is 23.8 Å². The number of hydrogen-bond acceptors (Lipinski definition) is 10. The highest BCUT2D eigenvalue weighted by atomic mass is 16.7. The van der Waals surface area contributed by atoms with Gasteiger partial charge in [0.2, 0.25) is 0 Å². The van der Waals surface area contributed by atoms with Gasteiger partial charge in [-0.15, -0.1) is 0 Å². The number of rotatable bonds is 8. The SMILES string of the molecule is CO/N=C(/C[C@@H]1O[C@H](CO)[C@@H](OC(C)=O)[C@H](OC(C)=O)[C@H]1OC(C)=O)c1ccccc1. The Labute approximate surface area is 180 Å². The van der Waals surface area contributed by atoms with Gasteiger partial charge in [-0.2, -0.15) is 0 Å². The lowest BCUT2D eigenvalue weighted by molar-refractivity contribution is -0.250. The maximum absolute atomic E-state index is 11.8. The molecule has 1 aliphatic rings. The monoisotopic (exact) mass is 437 g/mol. The molecule has 1 fully saturated rings. The zero-order valence-corrected chi connectivity index (χ0v) is 17.8. The van der Waals surface area contributed by atoms with Crippen molar-refractivity contribution in [2.75, 3.05) is 13.7 Å². The van der Waals surface area contributed by atoms with E-state index in [-0.39, 0.29) is 6.42 Å². The molecule has 170 valence electrons. The molecule has 0 aliphatic carbocycles. The Morgan fingerprint density at radius 2 is 1.42 bits per heavy atom. The Morgan fingerprint density at radius 1 is 0.903 bits per heavy atom. The Morgan fingerprint density at radius 3 is 1.90 bits per heavy atom. The Bertz CT molecular complexity index is 795. The van der Waals surface area contributed by atoms with Crippen molar-refractivity contribution in [3.63, 3.8) is 0 Å². The second-order valence-corrected chi connectivity index (χ2v) is 6.91. The minimum absolute atomic E-state index is 0.0941. The minimum Gasteiger partial charge on any atom is -0.456 e. The van der Waals surface area contributed by atoms with Crippen molar-refractivity contribution in [1.29, 1.82) is 0 Å². The topological polar surface area (TPSA) is 130 Å². The van der Waals surface area contributed by atoms with Gasteiger partial charge in [0.1, 0.15) is 19.3 Å². The van der Waals surface area contributed by atoms with E-state index in [0.29, 0.717) is 5.71 Å². The van der Waals surface area contributed by atoms with Gasteiger partial charge >= 0.3 is 17.9 Å². The summed E-state index contributed by atoms with van der Waals surface area (Å²) in [5, 5.41) is 13.9. The molecule has 1 aliphatic heterocycles. The molecule has 0 bridgehead atoms. The molecule has 31 heavy (non-hydrogen) atoms. The van der Waals surface area contributed by atoms with Crippen molar-refractivity contribution in [1.82, 2.24) is 0 Å². The maximum Gasteiger partial charge on any atom is 0.303 e.